The highest BCUT2D eigenvalue weighted by molar-refractivity contribution is 5.73. The van der Waals surface area contributed by atoms with E-state index in [2.05, 4.69) is 14.8 Å². The van der Waals surface area contributed by atoms with Gasteiger partial charge in [0.15, 0.2) is 0 Å². The molecule has 4 rings (SSSR count). The minimum absolute atomic E-state index is 0.0551. The van der Waals surface area contributed by atoms with E-state index in [0.717, 1.165) is 37.4 Å². The van der Waals surface area contributed by atoms with Crippen LogP contribution in [0.15, 0.2) is 61.1 Å². The largest absolute Gasteiger partial charge is 0.343 e. The molecule has 140 valence electrons. The van der Waals surface area contributed by atoms with E-state index in [1.807, 2.05) is 35.5 Å². The number of hydrogen-bond acceptors (Lipinski definition) is 4. The van der Waals surface area contributed by atoms with Crippen molar-refractivity contribution in [2.75, 3.05) is 22.9 Å². The Morgan fingerprint density at radius 1 is 1.04 bits per heavy atom. The zero-order chi connectivity index (χ0) is 18.8. The quantitative estimate of drug-likeness (QED) is 0.832. The lowest BCUT2D eigenvalue weighted by molar-refractivity contribution is -0.130. The zero-order valence-corrected chi connectivity index (χ0v) is 15.3. The van der Waals surface area contributed by atoms with E-state index in [1.165, 1.54) is 12.1 Å². The molecule has 0 N–H and O–H groups in total. The van der Waals surface area contributed by atoms with Gasteiger partial charge < -0.3 is 14.7 Å². The highest BCUT2D eigenvalue weighted by Crippen LogP contribution is 2.36. The minimum Gasteiger partial charge on any atom is -0.343 e. The topological polar surface area (TPSA) is 39.7 Å². The van der Waals surface area contributed by atoms with Gasteiger partial charge in [0.05, 0.1) is 0 Å². The van der Waals surface area contributed by atoms with E-state index < -0.39 is 0 Å². The summed E-state index contributed by atoms with van der Waals surface area (Å²) in [6.07, 6.45) is 7.76. The van der Waals surface area contributed by atoms with Crippen LogP contribution in [-0.2, 0) is 4.79 Å². The summed E-state index contributed by atoms with van der Waals surface area (Å²) < 4.78 is 13.4. The van der Waals surface area contributed by atoms with E-state index >= 15 is 0 Å². The van der Waals surface area contributed by atoms with Gasteiger partial charge in [0.1, 0.15) is 17.8 Å². The van der Waals surface area contributed by atoms with Crippen molar-refractivity contribution < 1.29 is 9.18 Å². The van der Waals surface area contributed by atoms with Crippen LogP contribution < -0.4 is 9.80 Å². The number of hydrogen-bond donors (Lipinski definition) is 0. The smallest absolute Gasteiger partial charge is 0.219 e. The van der Waals surface area contributed by atoms with Crippen LogP contribution in [-0.4, -0.2) is 35.0 Å². The number of carbonyl (C=O) groups excluding carboxylic acids is 1. The van der Waals surface area contributed by atoms with Gasteiger partial charge in [0.2, 0.25) is 5.91 Å². The molecular weight excluding hydrogens is 343 g/mol. The van der Waals surface area contributed by atoms with E-state index in [9.17, 15) is 9.18 Å². The molecule has 1 aromatic carbocycles. The molecule has 1 amide bonds. The number of piperidine rings is 1. The first-order chi connectivity index (χ1) is 13.1. The van der Waals surface area contributed by atoms with E-state index in [0.29, 0.717) is 5.92 Å². The number of amides is 1. The predicted octanol–water partition coefficient (Wildman–Crippen LogP) is 3.60. The second-order valence-electron chi connectivity index (χ2n) is 7.03. The molecule has 1 saturated heterocycles. The van der Waals surface area contributed by atoms with Gasteiger partial charge >= 0.3 is 0 Å². The number of likely N-dealkylation sites (tertiary alicyclic amines) is 1. The Balaban J connectivity index is 1.63. The molecule has 2 aromatic rings. The second kappa shape index (κ2) is 7.39. The molecule has 1 atom stereocenters. The third-order valence-corrected chi connectivity index (χ3v) is 5.40. The fourth-order valence-electron chi connectivity index (χ4n) is 3.99. The molecule has 0 radical (unpaired) electrons. The van der Waals surface area contributed by atoms with E-state index in [1.54, 1.807) is 25.3 Å². The number of halogens is 1. The third kappa shape index (κ3) is 3.52. The van der Waals surface area contributed by atoms with Gasteiger partial charge in [-0.1, -0.05) is 6.07 Å². The molecular formula is C21H23FN4O. The summed E-state index contributed by atoms with van der Waals surface area (Å²) in [5.74, 6) is 1.14. The van der Waals surface area contributed by atoms with Gasteiger partial charge in [-0.15, -0.1) is 0 Å². The Kier molecular flexibility index (Phi) is 4.79. The molecule has 6 heteroatoms. The number of rotatable bonds is 3. The lowest BCUT2D eigenvalue weighted by Crippen LogP contribution is -2.49. The number of aromatic nitrogens is 1. The highest BCUT2D eigenvalue weighted by Gasteiger charge is 2.37. The summed E-state index contributed by atoms with van der Waals surface area (Å²) in [5.41, 5.74) is 0.949. The van der Waals surface area contributed by atoms with Crippen molar-refractivity contribution in [2.24, 2.45) is 5.92 Å². The Hall–Kier alpha value is -2.89. The molecule has 2 aliphatic heterocycles. The fraction of sp³-hybridized carbons (Fsp3) is 0.333. The number of pyridine rings is 1. The first kappa shape index (κ1) is 17.5. The Labute approximate surface area is 158 Å². The first-order valence-corrected chi connectivity index (χ1v) is 9.30. The summed E-state index contributed by atoms with van der Waals surface area (Å²) in [6.45, 7) is 3.16. The van der Waals surface area contributed by atoms with E-state index in [4.69, 9.17) is 0 Å². The molecule has 0 aliphatic carbocycles. The fourth-order valence-corrected chi connectivity index (χ4v) is 3.99. The van der Waals surface area contributed by atoms with Crippen molar-refractivity contribution >= 4 is 17.4 Å². The van der Waals surface area contributed by atoms with Gasteiger partial charge in [-0.3, -0.25) is 4.79 Å². The van der Waals surface area contributed by atoms with Gasteiger partial charge in [-0.25, -0.2) is 9.37 Å². The number of carbonyl (C=O) groups is 1. The highest BCUT2D eigenvalue weighted by atomic mass is 19.1. The minimum atomic E-state index is -0.241. The maximum Gasteiger partial charge on any atom is 0.219 e. The van der Waals surface area contributed by atoms with Crippen LogP contribution in [0.3, 0.4) is 0 Å². The molecule has 1 unspecified atom stereocenters. The summed E-state index contributed by atoms with van der Waals surface area (Å²) in [4.78, 5) is 22.5. The maximum absolute atomic E-state index is 13.4. The summed E-state index contributed by atoms with van der Waals surface area (Å²) in [5, 5.41) is 0. The average Bonchev–Trinajstić information content (AvgIpc) is 3.14. The first-order valence-electron chi connectivity index (χ1n) is 9.30. The molecule has 0 spiro atoms. The Morgan fingerprint density at radius 2 is 1.74 bits per heavy atom. The molecule has 3 heterocycles. The van der Waals surface area contributed by atoms with Gasteiger partial charge in [0, 0.05) is 50.2 Å². The molecule has 1 aromatic heterocycles. The number of benzene rings is 1. The normalized spacial score (nSPS) is 20.4. The summed E-state index contributed by atoms with van der Waals surface area (Å²) in [6, 6.07) is 12.5. The van der Waals surface area contributed by atoms with Crippen LogP contribution in [0, 0.1) is 11.7 Å². The zero-order valence-electron chi connectivity index (χ0n) is 15.3. The third-order valence-electron chi connectivity index (χ3n) is 5.40. The van der Waals surface area contributed by atoms with Crippen molar-refractivity contribution in [1.82, 2.24) is 9.88 Å². The second-order valence-corrected chi connectivity index (χ2v) is 7.03. The van der Waals surface area contributed by atoms with Gasteiger partial charge in [0.25, 0.3) is 0 Å². The summed E-state index contributed by atoms with van der Waals surface area (Å²) >= 11 is 0. The van der Waals surface area contributed by atoms with Crippen LogP contribution in [0.2, 0.25) is 0 Å². The molecule has 0 saturated carbocycles. The lowest BCUT2D eigenvalue weighted by atomic mass is 9.92. The van der Waals surface area contributed by atoms with Crippen molar-refractivity contribution in [3.8, 4) is 0 Å². The lowest BCUT2D eigenvalue weighted by Gasteiger charge is -2.41. The molecule has 0 bridgehead atoms. The van der Waals surface area contributed by atoms with Crippen molar-refractivity contribution in [3.05, 3.63) is 66.9 Å². The van der Waals surface area contributed by atoms with Crippen LogP contribution >= 0.6 is 0 Å². The molecule has 2 aliphatic rings. The monoisotopic (exact) mass is 366 g/mol. The van der Waals surface area contributed by atoms with Crippen molar-refractivity contribution in [2.45, 2.75) is 25.9 Å². The molecule has 1 fully saturated rings. The van der Waals surface area contributed by atoms with Crippen LogP contribution in [0.5, 0.6) is 0 Å². The standard InChI is InChI=1S/C21H23FN4O/c1-16(27)24-12-9-17(10-13-24)21-25(19-7-5-18(22)6-8-19)14-15-26(21)20-4-2-3-11-23-20/h2-8,11,14-15,17,21H,9-10,12-13H2,1H3. The maximum atomic E-state index is 13.4. The van der Waals surface area contributed by atoms with Crippen LogP contribution in [0.1, 0.15) is 19.8 Å². The van der Waals surface area contributed by atoms with Crippen molar-refractivity contribution in [1.29, 1.82) is 0 Å². The van der Waals surface area contributed by atoms with E-state index in [-0.39, 0.29) is 17.9 Å². The molecule has 5 nitrogen and oxygen atoms in total. The number of anilines is 2. The van der Waals surface area contributed by atoms with Gasteiger partial charge in [-0.05, 0) is 49.2 Å². The number of nitrogens with zero attached hydrogens (tertiary/aromatic N) is 4. The van der Waals surface area contributed by atoms with Crippen molar-refractivity contribution in [3.63, 3.8) is 0 Å². The predicted molar refractivity (Wildman–Crippen MR) is 104 cm³/mol. The molecule has 27 heavy (non-hydrogen) atoms. The van der Waals surface area contributed by atoms with Crippen LogP contribution in [0.4, 0.5) is 15.9 Å². The average molecular weight is 366 g/mol. The van der Waals surface area contributed by atoms with Gasteiger partial charge in [-0.2, -0.15) is 0 Å². The summed E-state index contributed by atoms with van der Waals surface area (Å²) in [7, 11) is 0. The Morgan fingerprint density at radius 3 is 2.37 bits per heavy atom. The van der Waals surface area contributed by atoms with Crippen LogP contribution in [0.25, 0.3) is 0 Å². The SMILES string of the molecule is CC(=O)N1CCC(C2N(c3ccc(F)cc3)C=CN2c2ccccn2)CC1. The Bertz CT molecular complexity index is 816.